The van der Waals surface area contributed by atoms with E-state index in [1.807, 2.05) is 61.5 Å². The third kappa shape index (κ3) is 2.85. The van der Waals surface area contributed by atoms with Crippen LogP contribution < -0.4 is 0 Å². The quantitative estimate of drug-likeness (QED) is 0.808. The molecule has 2 aromatic rings. The highest BCUT2D eigenvalue weighted by Crippen LogP contribution is 2.39. The van der Waals surface area contributed by atoms with Gasteiger partial charge in [-0.3, -0.25) is 4.79 Å². The Kier molecular flexibility index (Phi) is 4.06. The zero-order valence-electron chi connectivity index (χ0n) is 11.7. The largest absolute Gasteiger partial charge is 0.465 e. The summed E-state index contributed by atoms with van der Waals surface area (Å²) in [6.45, 7) is 2.19. The van der Waals surface area contributed by atoms with Gasteiger partial charge in [0.2, 0.25) is 0 Å². The van der Waals surface area contributed by atoms with E-state index in [1.165, 1.54) is 11.8 Å². The number of hydrogen-bond donors (Lipinski definition) is 0. The summed E-state index contributed by atoms with van der Waals surface area (Å²) in [5.74, 6) is -0.236. The van der Waals surface area contributed by atoms with Crippen LogP contribution in [0.2, 0.25) is 0 Å². The first-order valence-electron chi connectivity index (χ1n) is 6.86. The van der Waals surface area contributed by atoms with E-state index in [-0.39, 0.29) is 5.97 Å². The fourth-order valence-corrected chi connectivity index (χ4v) is 3.33. The Balaban J connectivity index is 2.06. The van der Waals surface area contributed by atoms with Gasteiger partial charge in [-0.15, -0.1) is 11.8 Å². The highest BCUT2D eigenvalue weighted by Gasteiger charge is 2.32. The van der Waals surface area contributed by atoms with Gasteiger partial charge in [-0.25, -0.2) is 4.99 Å². The van der Waals surface area contributed by atoms with Crippen LogP contribution in [0.5, 0.6) is 0 Å². The normalized spacial score (nSPS) is 16.8. The third-order valence-corrected chi connectivity index (χ3v) is 4.42. The number of ether oxygens (including phenoxy) is 1. The molecule has 3 nitrogen and oxygen atoms in total. The lowest BCUT2D eigenvalue weighted by Gasteiger charge is -2.23. The summed E-state index contributed by atoms with van der Waals surface area (Å²) in [5, 5.41) is -0.415. The summed E-state index contributed by atoms with van der Waals surface area (Å²) in [6.07, 6.45) is 0. The molecule has 0 saturated carbocycles. The van der Waals surface area contributed by atoms with Gasteiger partial charge < -0.3 is 4.74 Å². The van der Waals surface area contributed by atoms with Gasteiger partial charge in [0.05, 0.1) is 18.0 Å². The fraction of sp³-hybridized carbons (Fsp3) is 0.176. The zero-order valence-corrected chi connectivity index (χ0v) is 12.5. The maximum absolute atomic E-state index is 12.3. The number of carbonyl (C=O) groups excluding carboxylic acids is 1. The van der Waals surface area contributed by atoms with Gasteiger partial charge in [0, 0.05) is 4.90 Å². The minimum absolute atomic E-state index is 0.236. The Morgan fingerprint density at radius 2 is 1.86 bits per heavy atom. The van der Waals surface area contributed by atoms with Gasteiger partial charge >= 0.3 is 5.97 Å². The van der Waals surface area contributed by atoms with Gasteiger partial charge in [0.1, 0.15) is 5.25 Å². The van der Waals surface area contributed by atoms with Crippen LogP contribution in [-0.4, -0.2) is 23.5 Å². The van der Waals surface area contributed by atoms with Crippen LogP contribution in [-0.2, 0) is 9.53 Å². The topological polar surface area (TPSA) is 38.7 Å². The molecule has 3 rings (SSSR count). The number of nitrogens with zero attached hydrogens (tertiary/aromatic N) is 1. The molecule has 0 radical (unpaired) electrons. The summed E-state index contributed by atoms with van der Waals surface area (Å²) >= 11 is 1.50. The Morgan fingerprint density at radius 1 is 1.14 bits per heavy atom. The molecule has 0 aliphatic carbocycles. The Hall–Kier alpha value is -2.07. The minimum Gasteiger partial charge on any atom is -0.465 e. The van der Waals surface area contributed by atoms with E-state index in [0.29, 0.717) is 6.61 Å². The maximum atomic E-state index is 12.3. The predicted octanol–water partition coefficient (Wildman–Crippen LogP) is 3.84. The van der Waals surface area contributed by atoms with Crippen LogP contribution in [0.25, 0.3) is 0 Å². The van der Waals surface area contributed by atoms with E-state index in [4.69, 9.17) is 9.73 Å². The molecule has 106 valence electrons. The molecule has 0 bridgehead atoms. The number of carbonyl (C=O) groups is 1. The van der Waals surface area contributed by atoms with Crippen LogP contribution in [0.15, 0.2) is 64.5 Å². The van der Waals surface area contributed by atoms with Gasteiger partial charge in [0.15, 0.2) is 0 Å². The number of thioether (sulfide) groups is 1. The second kappa shape index (κ2) is 6.14. The van der Waals surface area contributed by atoms with E-state index >= 15 is 0 Å². The lowest BCUT2D eigenvalue weighted by Crippen LogP contribution is -2.31. The molecule has 1 aliphatic heterocycles. The van der Waals surface area contributed by atoms with Crippen molar-refractivity contribution in [2.24, 2.45) is 4.99 Å². The van der Waals surface area contributed by atoms with Crippen LogP contribution >= 0.6 is 11.8 Å². The highest BCUT2D eigenvalue weighted by molar-refractivity contribution is 8.01. The SMILES string of the molecule is CCOC(=O)C1Sc2ccccc2N=C1c1ccccc1. The molecule has 4 heteroatoms. The highest BCUT2D eigenvalue weighted by atomic mass is 32.2. The fourth-order valence-electron chi connectivity index (χ4n) is 2.22. The van der Waals surface area contributed by atoms with Gasteiger partial charge in [-0.05, 0) is 24.6 Å². The standard InChI is InChI=1S/C17H15NO2S/c1-2-20-17(19)16-15(12-8-4-3-5-9-12)18-13-10-6-7-11-14(13)21-16/h3-11,16H,2H2,1H3. The molecule has 2 aromatic carbocycles. The Bertz CT molecular complexity index is 682. The second-order valence-electron chi connectivity index (χ2n) is 4.58. The zero-order chi connectivity index (χ0) is 14.7. The van der Waals surface area contributed by atoms with Crippen molar-refractivity contribution in [1.29, 1.82) is 0 Å². The van der Waals surface area contributed by atoms with Crippen LogP contribution in [0.1, 0.15) is 12.5 Å². The molecule has 1 heterocycles. The van der Waals surface area contributed by atoms with Crippen molar-refractivity contribution in [1.82, 2.24) is 0 Å². The first-order chi connectivity index (χ1) is 10.3. The smallest absolute Gasteiger partial charge is 0.325 e. The van der Waals surface area contributed by atoms with Crippen LogP contribution in [0, 0.1) is 0 Å². The van der Waals surface area contributed by atoms with Crippen molar-refractivity contribution in [3.8, 4) is 0 Å². The van der Waals surface area contributed by atoms with Crippen molar-refractivity contribution in [3.63, 3.8) is 0 Å². The van der Waals surface area contributed by atoms with Crippen molar-refractivity contribution in [3.05, 3.63) is 60.2 Å². The molecule has 1 aliphatic rings. The van der Waals surface area contributed by atoms with Crippen LogP contribution in [0.4, 0.5) is 5.69 Å². The van der Waals surface area contributed by atoms with E-state index in [2.05, 4.69) is 0 Å². The number of hydrogen-bond acceptors (Lipinski definition) is 4. The molecule has 0 aromatic heterocycles. The number of aliphatic imine (C=N–C) groups is 1. The molecule has 1 atom stereocenters. The first kappa shape index (κ1) is 13.9. The number of fused-ring (bicyclic) bond motifs is 1. The molecular formula is C17H15NO2S. The average molecular weight is 297 g/mol. The van der Waals surface area contributed by atoms with Crippen molar-refractivity contribution >= 4 is 29.1 Å². The van der Waals surface area contributed by atoms with E-state index in [0.717, 1.165) is 21.9 Å². The summed E-state index contributed by atoms with van der Waals surface area (Å²) in [4.78, 5) is 18.0. The van der Waals surface area contributed by atoms with E-state index in [9.17, 15) is 4.79 Å². The number of esters is 1. The molecule has 0 saturated heterocycles. The Morgan fingerprint density at radius 3 is 2.62 bits per heavy atom. The lowest BCUT2D eigenvalue weighted by molar-refractivity contribution is -0.141. The summed E-state index contributed by atoms with van der Waals surface area (Å²) in [6, 6.07) is 17.7. The third-order valence-electron chi connectivity index (χ3n) is 3.17. The lowest BCUT2D eigenvalue weighted by atomic mass is 10.1. The molecular weight excluding hydrogens is 282 g/mol. The predicted molar refractivity (Wildman–Crippen MR) is 85.4 cm³/mol. The molecule has 0 amide bonds. The number of benzene rings is 2. The summed E-state index contributed by atoms with van der Waals surface area (Å²) < 4.78 is 5.21. The van der Waals surface area contributed by atoms with Gasteiger partial charge in [-0.2, -0.15) is 0 Å². The van der Waals surface area contributed by atoms with Gasteiger partial charge in [-0.1, -0.05) is 42.5 Å². The molecule has 21 heavy (non-hydrogen) atoms. The molecule has 0 fully saturated rings. The van der Waals surface area contributed by atoms with E-state index < -0.39 is 5.25 Å². The Labute approximate surface area is 128 Å². The molecule has 0 N–H and O–H groups in total. The van der Waals surface area contributed by atoms with Crippen LogP contribution in [0.3, 0.4) is 0 Å². The monoisotopic (exact) mass is 297 g/mol. The first-order valence-corrected chi connectivity index (χ1v) is 7.74. The van der Waals surface area contributed by atoms with Crippen molar-refractivity contribution in [2.45, 2.75) is 17.1 Å². The van der Waals surface area contributed by atoms with E-state index in [1.54, 1.807) is 0 Å². The second-order valence-corrected chi connectivity index (χ2v) is 5.73. The maximum Gasteiger partial charge on any atom is 0.325 e. The van der Waals surface area contributed by atoms with Crippen molar-refractivity contribution in [2.75, 3.05) is 6.61 Å². The number of para-hydroxylation sites is 1. The molecule has 0 spiro atoms. The molecule has 1 unspecified atom stereocenters. The summed E-state index contributed by atoms with van der Waals surface area (Å²) in [7, 11) is 0. The van der Waals surface area contributed by atoms with Gasteiger partial charge in [0.25, 0.3) is 0 Å². The summed E-state index contributed by atoms with van der Waals surface area (Å²) in [5.41, 5.74) is 2.62. The average Bonchev–Trinajstić information content (AvgIpc) is 2.54. The minimum atomic E-state index is -0.415. The van der Waals surface area contributed by atoms with Crippen molar-refractivity contribution < 1.29 is 9.53 Å². The number of rotatable bonds is 3.